The van der Waals surface area contributed by atoms with Gasteiger partial charge in [-0.25, -0.2) is 17.9 Å². The number of nitro groups is 1. The summed E-state index contributed by atoms with van der Waals surface area (Å²) in [5.41, 5.74) is -1.48. The van der Waals surface area contributed by atoms with E-state index in [1.165, 1.54) is 13.8 Å². The van der Waals surface area contributed by atoms with E-state index in [4.69, 9.17) is 5.73 Å². The van der Waals surface area contributed by atoms with Crippen molar-refractivity contribution in [1.82, 2.24) is 25.2 Å². The number of aliphatic hydroxyl groups excluding tert-OH is 1. The molecule has 2 aromatic heterocycles. The molecule has 0 saturated heterocycles. The molecule has 0 aliphatic carbocycles. The number of tetrazole rings is 1. The molecule has 21 heteroatoms. The van der Waals surface area contributed by atoms with Gasteiger partial charge in [-0.15, -0.1) is 5.10 Å². The van der Waals surface area contributed by atoms with E-state index in [1.54, 1.807) is 0 Å². The Morgan fingerprint density at radius 2 is 1.79 bits per heavy atom. The van der Waals surface area contributed by atoms with Crippen LogP contribution >= 0.6 is 11.8 Å². The Labute approximate surface area is 232 Å². The zero-order valence-corrected chi connectivity index (χ0v) is 21.7. The number of benzene rings is 1. The van der Waals surface area contributed by atoms with Crippen molar-refractivity contribution in [2.75, 3.05) is 6.61 Å². The van der Waals surface area contributed by atoms with Gasteiger partial charge in [0.2, 0.25) is 11.1 Å². The number of aliphatic hydroxyl groups is 1. The summed E-state index contributed by atoms with van der Waals surface area (Å²) in [5.74, 6) is -22.6. The molecule has 3 rings (SSSR count). The fraction of sp³-hybridized carbons (Fsp3) is 0.381. The van der Waals surface area contributed by atoms with Crippen molar-refractivity contribution in [2.24, 2.45) is 5.73 Å². The lowest BCUT2D eigenvalue weighted by molar-refractivity contribution is -0.384. The number of aromatic nitrogens is 5. The van der Waals surface area contributed by atoms with E-state index in [9.17, 15) is 55.1 Å². The lowest BCUT2D eigenvalue weighted by atomic mass is 9.97. The van der Waals surface area contributed by atoms with E-state index in [-0.39, 0.29) is 11.4 Å². The molecule has 3 N–H and O–H groups in total. The van der Waals surface area contributed by atoms with Crippen molar-refractivity contribution in [3.63, 3.8) is 0 Å². The third kappa shape index (κ3) is 5.44. The standard InChI is InChI=1S/C21H16F9N7O4S/c1-18(2,7-38)36-17(33-34-35-36)42-14-10(4-9(37(40)41)5-11(14)15(31)39)13-12(22)3-8(6-32-13)19(25,26)21(29,30)20(27,28)16(23)24/h3-6,16,38H,7H2,1-2H3,(H2,31,39). The largest absolute Gasteiger partial charge is 0.394 e. The van der Waals surface area contributed by atoms with Gasteiger partial charge in [0.15, 0.2) is 0 Å². The third-order valence-corrected chi connectivity index (χ3v) is 6.77. The van der Waals surface area contributed by atoms with Gasteiger partial charge in [0.1, 0.15) is 11.5 Å². The van der Waals surface area contributed by atoms with Crippen LogP contribution in [0.5, 0.6) is 0 Å². The minimum atomic E-state index is -6.72. The van der Waals surface area contributed by atoms with Crippen molar-refractivity contribution in [2.45, 2.75) is 53.6 Å². The number of halogens is 9. The smallest absolute Gasteiger partial charge is 0.382 e. The molecule has 0 atom stereocenters. The summed E-state index contributed by atoms with van der Waals surface area (Å²) >= 11 is 0.424. The number of carbonyl (C=O) groups is 1. The first-order valence-corrected chi connectivity index (χ1v) is 11.8. The Kier molecular flexibility index (Phi) is 8.51. The molecule has 42 heavy (non-hydrogen) atoms. The maximum absolute atomic E-state index is 15.2. The molecular weight excluding hydrogens is 617 g/mol. The molecule has 11 nitrogen and oxygen atoms in total. The number of nitro benzene ring substituents is 1. The molecule has 0 spiro atoms. The molecule has 0 saturated carbocycles. The molecular formula is C21H16F9N7O4S. The normalized spacial score (nSPS) is 13.1. The Balaban J connectivity index is 2.27. The van der Waals surface area contributed by atoms with Crippen LogP contribution in [0.2, 0.25) is 0 Å². The number of carbonyl (C=O) groups excluding carboxylic acids is 1. The van der Waals surface area contributed by atoms with Crippen LogP contribution in [0.15, 0.2) is 34.4 Å². The summed E-state index contributed by atoms with van der Waals surface area (Å²) in [6, 6.07) is 0.851. The first-order valence-electron chi connectivity index (χ1n) is 11.0. The highest BCUT2D eigenvalue weighted by Gasteiger charge is 2.76. The van der Waals surface area contributed by atoms with E-state index in [1.807, 2.05) is 0 Å². The van der Waals surface area contributed by atoms with Crippen molar-refractivity contribution in [3.8, 4) is 11.3 Å². The molecule has 3 aromatic rings. The predicted molar refractivity (Wildman–Crippen MR) is 123 cm³/mol. The van der Waals surface area contributed by atoms with E-state index in [0.29, 0.717) is 23.9 Å². The average molecular weight is 633 g/mol. The van der Waals surface area contributed by atoms with Crippen LogP contribution in [0.4, 0.5) is 45.2 Å². The number of primary amides is 1. The van der Waals surface area contributed by atoms with Gasteiger partial charge in [0.05, 0.1) is 22.6 Å². The van der Waals surface area contributed by atoms with E-state index in [2.05, 4.69) is 20.5 Å². The Morgan fingerprint density at radius 3 is 2.29 bits per heavy atom. The van der Waals surface area contributed by atoms with Crippen LogP contribution in [-0.2, 0) is 11.5 Å². The van der Waals surface area contributed by atoms with Crippen molar-refractivity contribution >= 4 is 23.4 Å². The molecule has 0 unspecified atom stereocenters. The van der Waals surface area contributed by atoms with Gasteiger partial charge in [0.25, 0.3) is 5.69 Å². The number of non-ortho nitro benzene ring substituents is 1. The van der Waals surface area contributed by atoms with Crippen molar-refractivity contribution in [1.29, 1.82) is 0 Å². The van der Waals surface area contributed by atoms with Gasteiger partial charge in [-0.1, -0.05) is 0 Å². The summed E-state index contributed by atoms with van der Waals surface area (Å²) in [4.78, 5) is 25.4. The van der Waals surface area contributed by atoms with Crippen molar-refractivity contribution in [3.05, 3.63) is 51.5 Å². The number of amides is 1. The van der Waals surface area contributed by atoms with E-state index >= 15 is 4.39 Å². The second-order valence-electron chi connectivity index (χ2n) is 9.06. The minimum absolute atomic E-state index is 0.218. The van der Waals surface area contributed by atoms with Crippen LogP contribution < -0.4 is 5.73 Å². The highest BCUT2D eigenvalue weighted by Crippen LogP contribution is 2.53. The van der Waals surface area contributed by atoms with E-state index in [0.717, 1.165) is 4.68 Å². The number of nitrogens with two attached hydrogens (primary N) is 1. The Morgan fingerprint density at radius 1 is 1.17 bits per heavy atom. The highest BCUT2D eigenvalue weighted by molar-refractivity contribution is 7.99. The molecule has 0 bridgehead atoms. The van der Waals surface area contributed by atoms with Gasteiger partial charge < -0.3 is 10.8 Å². The van der Waals surface area contributed by atoms with E-state index < -0.39 is 92.0 Å². The number of hydrogen-bond donors (Lipinski definition) is 2. The topological polar surface area (TPSA) is 163 Å². The lowest BCUT2D eigenvalue weighted by Crippen LogP contribution is -2.56. The molecule has 0 aliphatic rings. The summed E-state index contributed by atoms with van der Waals surface area (Å²) in [5, 5.41) is 31.7. The number of rotatable bonds is 11. The quantitative estimate of drug-likeness (QED) is 0.177. The molecule has 2 heterocycles. The van der Waals surface area contributed by atoms with Gasteiger partial charge >= 0.3 is 24.2 Å². The second-order valence-corrected chi connectivity index (χ2v) is 10.0. The van der Waals surface area contributed by atoms with Gasteiger partial charge in [0, 0.05) is 34.4 Å². The zero-order chi connectivity index (χ0) is 32.0. The van der Waals surface area contributed by atoms with Crippen LogP contribution in [-0.4, -0.2) is 66.0 Å². The maximum Gasteiger partial charge on any atom is 0.382 e. The summed E-state index contributed by atoms with van der Waals surface area (Å²) < 4.78 is 124. The molecule has 1 amide bonds. The maximum atomic E-state index is 15.2. The molecule has 0 fully saturated rings. The summed E-state index contributed by atoms with van der Waals surface area (Å²) in [6.07, 6.45) is -5.45. The number of alkyl halides is 8. The molecule has 0 radical (unpaired) electrons. The van der Waals surface area contributed by atoms with Crippen LogP contribution in [0.25, 0.3) is 11.3 Å². The Bertz CT molecular complexity index is 1540. The number of pyridine rings is 1. The number of hydrogen-bond acceptors (Lipinski definition) is 9. The Hall–Kier alpha value is -4.01. The second kappa shape index (κ2) is 11.0. The summed E-state index contributed by atoms with van der Waals surface area (Å²) in [6.45, 7) is 2.39. The van der Waals surface area contributed by atoms with Crippen molar-refractivity contribution < 1.29 is 54.3 Å². The minimum Gasteiger partial charge on any atom is -0.394 e. The van der Waals surface area contributed by atoms with Crippen LogP contribution in [0, 0.1) is 15.9 Å². The SMILES string of the molecule is CC(C)(CO)n1nnnc1Sc1c(C(N)=O)cc([N+](=O)[O-])cc1-c1ncc(C(F)(F)C(F)(F)C(F)(F)C(F)F)cc1F. The zero-order valence-electron chi connectivity index (χ0n) is 20.8. The molecule has 228 valence electrons. The highest BCUT2D eigenvalue weighted by atomic mass is 32.2. The number of nitrogens with zero attached hydrogens (tertiary/aromatic N) is 6. The first-order chi connectivity index (χ1) is 19.2. The van der Waals surface area contributed by atoms with Gasteiger partial charge in [-0.2, -0.15) is 26.3 Å². The van der Waals surface area contributed by atoms with Crippen LogP contribution in [0.1, 0.15) is 29.8 Å². The van der Waals surface area contributed by atoms with Gasteiger partial charge in [-0.05, 0) is 42.1 Å². The first kappa shape index (κ1) is 32.5. The fourth-order valence-corrected chi connectivity index (χ4v) is 4.47. The molecule has 0 aliphatic heterocycles. The monoisotopic (exact) mass is 633 g/mol. The lowest BCUT2D eigenvalue weighted by Gasteiger charge is -2.32. The fourth-order valence-electron chi connectivity index (χ4n) is 3.30. The predicted octanol–water partition coefficient (Wildman–Crippen LogP) is 4.39. The van der Waals surface area contributed by atoms with Gasteiger partial charge in [-0.3, -0.25) is 19.9 Å². The van der Waals surface area contributed by atoms with Crippen LogP contribution in [0.3, 0.4) is 0 Å². The average Bonchev–Trinajstić information content (AvgIpc) is 3.37. The third-order valence-electron chi connectivity index (χ3n) is 5.69. The summed E-state index contributed by atoms with van der Waals surface area (Å²) in [7, 11) is 0. The molecule has 1 aromatic carbocycles.